The summed E-state index contributed by atoms with van der Waals surface area (Å²) in [6, 6.07) is 4.25. The number of esters is 1. The molecular formula is C20H25NO7. The van der Waals surface area contributed by atoms with Gasteiger partial charge in [-0.2, -0.15) is 0 Å². The maximum absolute atomic E-state index is 12.6. The van der Waals surface area contributed by atoms with Crippen LogP contribution in [0.3, 0.4) is 0 Å². The molecule has 0 aromatic heterocycles. The van der Waals surface area contributed by atoms with E-state index in [0.29, 0.717) is 19.4 Å². The van der Waals surface area contributed by atoms with E-state index in [1.54, 1.807) is 6.07 Å². The predicted molar refractivity (Wildman–Crippen MR) is 97.5 cm³/mol. The number of ether oxygens (including phenoxy) is 2. The molecule has 2 N–H and O–H groups in total. The second kappa shape index (κ2) is 8.60. The van der Waals surface area contributed by atoms with Crippen LogP contribution in [0.1, 0.15) is 44.6 Å². The van der Waals surface area contributed by atoms with Gasteiger partial charge in [-0.25, -0.2) is 0 Å². The average Bonchev–Trinajstić information content (AvgIpc) is 2.91. The molecule has 1 aromatic carbocycles. The fourth-order valence-corrected chi connectivity index (χ4v) is 3.88. The van der Waals surface area contributed by atoms with Crippen LogP contribution in [-0.4, -0.2) is 57.8 Å². The third kappa shape index (κ3) is 4.44. The molecule has 1 aliphatic heterocycles. The van der Waals surface area contributed by atoms with E-state index in [0.717, 1.165) is 24.8 Å². The fraction of sp³-hybridized carbons (Fsp3) is 0.550. The van der Waals surface area contributed by atoms with Gasteiger partial charge in [0.2, 0.25) is 5.91 Å². The van der Waals surface area contributed by atoms with Crippen molar-refractivity contribution in [1.29, 1.82) is 0 Å². The first kappa shape index (κ1) is 20.1. The van der Waals surface area contributed by atoms with E-state index in [9.17, 15) is 24.6 Å². The highest BCUT2D eigenvalue weighted by molar-refractivity contribution is 6.06. The van der Waals surface area contributed by atoms with Crippen LogP contribution in [-0.2, 0) is 30.3 Å². The van der Waals surface area contributed by atoms with Crippen LogP contribution in [0.25, 0.3) is 0 Å². The van der Waals surface area contributed by atoms with E-state index in [2.05, 4.69) is 0 Å². The fourth-order valence-electron chi connectivity index (χ4n) is 3.88. The molecule has 2 amide bonds. The Morgan fingerprint density at radius 2 is 1.93 bits per heavy atom. The van der Waals surface area contributed by atoms with Gasteiger partial charge in [0.1, 0.15) is 0 Å². The van der Waals surface area contributed by atoms with Crippen molar-refractivity contribution in [3.63, 3.8) is 0 Å². The van der Waals surface area contributed by atoms with Gasteiger partial charge in [-0.1, -0.05) is 18.9 Å². The second-order valence-corrected chi connectivity index (χ2v) is 7.24. The Bertz CT molecular complexity index is 763. The first-order chi connectivity index (χ1) is 13.4. The maximum Gasteiger partial charge on any atom is 0.303 e. The second-order valence-electron chi connectivity index (χ2n) is 7.24. The highest BCUT2D eigenvalue weighted by Crippen LogP contribution is 2.31. The van der Waals surface area contributed by atoms with Crippen molar-refractivity contribution in [2.45, 2.75) is 63.7 Å². The van der Waals surface area contributed by atoms with Crippen LogP contribution in [0.4, 0.5) is 0 Å². The highest BCUT2D eigenvalue weighted by atomic mass is 16.5. The van der Waals surface area contributed by atoms with Gasteiger partial charge in [0, 0.05) is 6.92 Å². The zero-order valence-electron chi connectivity index (χ0n) is 15.8. The lowest BCUT2D eigenvalue weighted by atomic mass is 9.91. The molecule has 3 atom stereocenters. The summed E-state index contributed by atoms with van der Waals surface area (Å²) in [5, 5.41) is 18.9. The number of hydrogen-bond acceptors (Lipinski definition) is 7. The number of likely N-dealkylation sites (tertiary alicyclic amines) is 1. The van der Waals surface area contributed by atoms with Gasteiger partial charge in [-0.3, -0.25) is 19.3 Å². The number of hydrogen-bond donors (Lipinski definition) is 2. The van der Waals surface area contributed by atoms with E-state index in [1.807, 2.05) is 0 Å². The molecule has 8 heteroatoms. The van der Waals surface area contributed by atoms with E-state index in [1.165, 1.54) is 24.0 Å². The van der Waals surface area contributed by atoms with E-state index in [4.69, 9.17) is 9.47 Å². The normalized spacial score (nSPS) is 25.2. The maximum atomic E-state index is 12.6. The minimum absolute atomic E-state index is 0.117. The number of imide groups is 1. The molecule has 1 saturated carbocycles. The summed E-state index contributed by atoms with van der Waals surface area (Å²) in [6.07, 6.45) is 2.34. The molecule has 1 aromatic rings. The quantitative estimate of drug-likeness (QED) is 0.431. The Balaban J connectivity index is 1.62. The number of aromatic hydroxyl groups is 2. The van der Waals surface area contributed by atoms with Crippen LogP contribution in [0.2, 0.25) is 0 Å². The summed E-state index contributed by atoms with van der Waals surface area (Å²) < 4.78 is 11.0. The zero-order valence-corrected chi connectivity index (χ0v) is 15.8. The number of phenols is 2. The highest BCUT2D eigenvalue weighted by Gasteiger charge is 2.47. The van der Waals surface area contributed by atoms with Crippen molar-refractivity contribution in [3.05, 3.63) is 23.8 Å². The largest absolute Gasteiger partial charge is 0.504 e. The summed E-state index contributed by atoms with van der Waals surface area (Å²) in [7, 11) is 0. The summed E-state index contributed by atoms with van der Waals surface area (Å²) in [5.74, 6) is -1.74. The van der Waals surface area contributed by atoms with Crippen molar-refractivity contribution >= 4 is 17.8 Å². The molecule has 0 spiro atoms. The van der Waals surface area contributed by atoms with Crippen LogP contribution >= 0.6 is 0 Å². The SMILES string of the molecule is CC(=O)O[C@@H]1CC(=O)N([C@@H]2CCCC[C@H]2OCCc2ccc(O)c(O)c2)C1=O. The number of carbonyl (C=O) groups is 3. The van der Waals surface area contributed by atoms with Crippen molar-refractivity contribution in [2.75, 3.05) is 6.61 Å². The zero-order chi connectivity index (χ0) is 20.3. The Morgan fingerprint density at radius 1 is 1.18 bits per heavy atom. The molecule has 1 heterocycles. The minimum atomic E-state index is -1.03. The molecule has 152 valence electrons. The monoisotopic (exact) mass is 391 g/mol. The summed E-state index contributed by atoms with van der Waals surface area (Å²) in [6.45, 7) is 1.57. The van der Waals surface area contributed by atoms with Crippen LogP contribution in [0.5, 0.6) is 11.5 Å². The molecule has 1 aliphatic carbocycles. The Morgan fingerprint density at radius 3 is 2.64 bits per heavy atom. The minimum Gasteiger partial charge on any atom is -0.504 e. The van der Waals surface area contributed by atoms with Gasteiger partial charge in [-0.15, -0.1) is 0 Å². The molecule has 28 heavy (non-hydrogen) atoms. The van der Waals surface area contributed by atoms with Gasteiger partial charge in [0.25, 0.3) is 5.91 Å². The lowest BCUT2D eigenvalue weighted by molar-refractivity contribution is -0.158. The molecule has 3 rings (SSSR count). The molecule has 2 fully saturated rings. The van der Waals surface area contributed by atoms with E-state index < -0.39 is 18.0 Å². The lowest BCUT2D eigenvalue weighted by Gasteiger charge is -2.36. The predicted octanol–water partition coefficient (Wildman–Crippen LogP) is 1.66. The van der Waals surface area contributed by atoms with E-state index >= 15 is 0 Å². The lowest BCUT2D eigenvalue weighted by Crippen LogP contribution is -2.50. The van der Waals surface area contributed by atoms with Gasteiger partial charge < -0.3 is 19.7 Å². The smallest absolute Gasteiger partial charge is 0.303 e. The summed E-state index contributed by atoms with van der Waals surface area (Å²) in [4.78, 5) is 37.4. The van der Waals surface area contributed by atoms with Crippen LogP contribution in [0.15, 0.2) is 18.2 Å². The summed E-state index contributed by atoms with van der Waals surface area (Å²) >= 11 is 0. The van der Waals surface area contributed by atoms with Crippen LogP contribution < -0.4 is 0 Å². The standard InChI is InChI=1S/C20H25NO7/c1-12(22)28-18-11-19(25)21(20(18)26)14-4-2-3-5-17(14)27-9-8-13-6-7-15(23)16(24)10-13/h6-7,10,14,17-18,23-24H,2-5,8-9,11H2,1H3/t14-,17-,18-/m1/s1. The third-order valence-electron chi connectivity index (χ3n) is 5.21. The molecule has 8 nitrogen and oxygen atoms in total. The molecule has 0 radical (unpaired) electrons. The van der Waals surface area contributed by atoms with Gasteiger partial charge in [0.15, 0.2) is 17.6 Å². The Kier molecular flexibility index (Phi) is 6.18. The third-order valence-corrected chi connectivity index (χ3v) is 5.21. The Labute approximate surface area is 163 Å². The average molecular weight is 391 g/mol. The van der Waals surface area contributed by atoms with Crippen molar-refractivity contribution < 1.29 is 34.1 Å². The number of carbonyl (C=O) groups excluding carboxylic acids is 3. The summed E-state index contributed by atoms with van der Waals surface area (Å²) in [5.41, 5.74) is 0.811. The van der Waals surface area contributed by atoms with Crippen LogP contribution in [0, 0.1) is 0 Å². The van der Waals surface area contributed by atoms with Crippen molar-refractivity contribution in [3.8, 4) is 11.5 Å². The van der Waals surface area contributed by atoms with Gasteiger partial charge in [-0.05, 0) is 37.0 Å². The number of rotatable bonds is 6. The molecular weight excluding hydrogens is 366 g/mol. The number of phenolic OH excluding ortho intramolecular Hbond substituents is 2. The molecule has 0 unspecified atom stereocenters. The van der Waals surface area contributed by atoms with Gasteiger partial charge >= 0.3 is 5.97 Å². The van der Waals surface area contributed by atoms with Crippen molar-refractivity contribution in [2.24, 2.45) is 0 Å². The first-order valence-electron chi connectivity index (χ1n) is 9.52. The molecule has 0 bridgehead atoms. The number of benzene rings is 1. The molecule has 1 saturated heterocycles. The Hall–Kier alpha value is -2.61. The number of nitrogens with zero attached hydrogens (tertiary/aromatic N) is 1. The first-order valence-corrected chi connectivity index (χ1v) is 9.52. The molecule has 2 aliphatic rings. The number of amides is 2. The van der Waals surface area contributed by atoms with E-state index in [-0.39, 0.29) is 36.0 Å². The topological polar surface area (TPSA) is 113 Å². The van der Waals surface area contributed by atoms with Gasteiger partial charge in [0.05, 0.1) is 25.2 Å². The van der Waals surface area contributed by atoms with Crippen molar-refractivity contribution in [1.82, 2.24) is 4.90 Å².